The Morgan fingerprint density at radius 1 is 1.44 bits per heavy atom. The molecule has 0 spiro atoms. The topological polar surface area (TPSA) is 47.6 Å². The van der Waals surface area contributed by atoms with E-state index in [-0.39, 0.29) is 12.3 Å². The van der Waals surface area contributed by atoms with Gasteiger partial charge in [-0.1, -0.05) is 17.7 Å². The van der Waals surface area contributed by atoms with E-state index in [1.165, 1.54) is 0 Å². The average molecular weight is 223 g/mol. The maximum absolute atomic E-state index is 11.5. The van der Waals surface area contributed by atoms with Gasteiger partial charge in [-0.3, -0.25) is 9.63 Å². The van der Waals surface area contributed by atoms with Crippen LogP contribution in [-0.4, -0.2) is 19.6 Å². The van der Waals surface area contributed by atoms with Crippen molar-refractivity contribution in [3.8, 4) is 5.75 Å². The second kappa shape index (κ2) is 6.12. The Hall–Kier alpha value is -1.55. The molecular formula is C12H17NO3. The summed E-state index contributed by atoms with van der Waals surface area (Å²) in [5.41, 5.74) is 4.32. The Bertz CT molecular complexity index is 363. The van der Waals surface area contributed by atoms with Crippen molar-refractivity contribution in [2.75, 3.05) is 13.7 Å². The number of amides is 1. The van der Waals surface area contributed by atoms with Crippen molar-refractivity contribution < 1.29 is 14.4 Å². The molecule has 1 aromatic rings. The summed E-state index contributed by atoms with van der Waals surface area (Å²) < 4.78 is 5.18. The van der Waals surface area contributed by atoms with Crippen molar-refractivity contribution >= 4 is 5.91 Å². The van der Waals surface area contributed by atoms with Gasteiger partial charge in [-0.15, -0.1) is 0 Å². The molecule has 4 nitrogen and oxygen atoms in total. The minimum Gasteiger partial charge on any atom is -0.496 e. The molecule has 0 aliphatic rings. The Morgan fingerprint density at radius 2 is 2.19 bits per heavy atom. The third-order valence-corrected chi connectivity index (χ3v) is 2.12. The Kier molecular flexibility index (Phi) is 4.79. The largest absolute Gasteiger partial charge is 0.496 e. The van der Waals surface area contributed by atoms with Gasteiger partial charge in [0.05, 0.1) is 20.1 Å². The average Bonchev–Trinajstić information content (AvgIpc) is 2.27. The number of benzene rings is 1. The molecule has 0 saturated carbocycles. The van der Waals surface area contributed by atoms with E-state index in [4.69, 9.17) is 9.57 Å². The van der Waals surface area contributed by atoms with Gasteiger partial charge in [0, 0.05) is 5.56 Å². The van der Waals surface area contributed by atoms with E-state index in [0.29, 0.717) is 6.61 Å². The normalized spacial score (nSPS) is 9.94. The Balaban J connectivity index is 2.71. The maximum atomic E-state index is 11.5. The first kappa shape index (κ1) is 12.5. The molecule has 88 valence electrons. The lowest BCUT2D eigenvalue weighted by Gasteiger charge is -2.09. The summed E-state index contributed by atoms with van der Waals surface area (Å²) in [7, 11) is 1.59. The fourth-order valence-electron chi connectivity index (χ4n) is 1.41. The quantitative estimate of drug-likeness (QED) is 0.771. The fraction of sp³-hybridized carbons (Fsp3) is 0.417. The van der Waals surface area contributed by atoms with E-state index in [1.807, 2.05) is 32.0 Å². The lowest BCUT2D eigenvalue weighted by atomic mass is 10.1. The van der Waals surface area contributed by atoms with Gasteiger partial charge in [0.1, 0.15) is 5.75 Å². The van der Waals surface area contributed by atoms with Crippen LogP contribution in [0.4, 0.5) is 0 Å². The Morgan fingerprint density at radius 3 is 2.81 bits per heavy atom. The number of methoxy groups -OCH3 is 1. The smallest absolute Gasteiger partial charge is 0.248 e. The van der Waals surface area contributed by atoms with Crippen molar-refractivity contribution in [1.29, 1.82) is 0 Å². The third-order valence-electron chi connectivity index (χ3n) is 2.12. The lowest BCUT2D eigenvalue weighted by molar-refractivity contribution is -0.132. The molecule has 1 rings (SSSR count). The summed E-state index contributed by atoms with van der Waals surface area (Å²) in [6, 6.07) is 5.74. The third kappa shape index (κ3) is 3.55. The van der Waals surface area contributed by atoms with Crippen LogP contribution >= 0.6 is 0 Å². The van der Waals surface area contributed by atoms with E-state index in [1.54, 1.807) is 7.11 Å². The molecule has 0 radical (unpaired) electrons. The predicted octanol–water partition coefficient (Wildman–Crippen LogP) is 1.61. The van der Waals surface area contributed by atoms with Crippen LogP contribution in [0.25, 0.3) is 0 Å². The number of rotatable bonds is 5. The van der Waals surface area contributed by atoms with Crippen LogP contribution in [0.1, 0.15) is 18.1 Å². The molecule has 1 aromatic carbocycles. The van der Waals surface area contributed by atoms with Crippen molar-refractivity contribution in [3.05, 3.63) is 29.3 Å². The first-order chi connectivity index (χ1) is 7.67. The zero-order valence-electron chi connectivity index (χ0n) is 9.87. The summed E-state index contributed by atoms with van der Waals surface area (Å²) >= 11 is 0. The number of aryl methyl sites for hydroxylation is 1. The molecule has 0 bridgehead atoms. The second-order valence-corrected chi connectivity index (χ2v) is 3.45. The SMILES string of the molecule is CCONC(=O)Cc1cc(C)ccc1OC. The molecule has 0 saturated heterocycles. The van der Waals surface area contributed by atoms with Gasteiger partial charge >= 0.3 is 0 Å². The first-order valence-corrected chi connectivity index (χ1v) is 5.21. The van der Waals surface area contributed by atoms with Gasteiger partial charge in [-0.25, -0.2) is 5.48 Å². The van der Waals surface area contributed by atoms with Crippen molar-refractivity contribution in [2.24, 2.45) is 0 Å². The summed E-state index contributed by atoms with van der Waals surface area (Å²) in [5.74, 6) is 0.544. The fourth-order valence-corrected chi connectivity index (χ4v) is 1.41. The molecule has 0 unspecified atom stereocenters. The van der Waals surface area contributed by atoms with Gasteiger partial charge in [0.2, 0.25) is 5.91 Å². The molecule has 0 aliphatic heterocycles. The summed E-state index contributed by atoms with van der Waals surface area (Å²) in [6.45, 7) is 4.24. The molecule has 0 fully saturated rings. The monoisotopic (exact) mass is 223 g/mol. The summed E-state index contributed by atoms with van der Waals surface area (Å²) in [5, 5.41) is 0. The number of hydrogen-bond acceptors (Lipinski definition) is 3. The molecule has 0 heterocycles. The zero-order chi connectivity index (χ0) is 12.0. The van der Waals surface area contributed by atoms with Crippen LogP contribution < -0.4 is 10.2 Å². The number of carbonyl (C=O) groups is 1. The Labute approximate surface area is 95.5 Å². The summed E-state index contributed by atoms with van der Waals surface area (Å²) in [6.07, 6.45) is 0.255. The molecular weight excluding hydrogens is 206 g/mol. The molecule has 1 N–H and O–H groups in total. The van der Waals surface area contributed by atoms with Crippen molar-refractivity contribution in [2.45, 2.75) is 20.3 Å². The van der Waals surface area contributed by atoms with Gasteiger partial charge < -0.3 is 4.74 Å². The van der Waals surface area contributed by atoms with E-state index in [9.17, 15) is 4.79 Å². The molecule has 4 heteroatoms. The van der Waals surface area contributed by atoms with Crippen LogP contribution in [0.15, 0.2) is 18.2 Å². The van der Waals surface area contributed by atoms with E-state index >= 15 is 0 Å². The van der Waals surface area contributed by atoms with Crippen LogP contribution in [-0.2, 0) is 16.1 Å². The van der Waals surface area contributed by atoms with E-state index in [2.05, 4.69) is 5.48 Å². The maximum Gasteiger partial charge on any atom is 0.248 e. The standard InChI is InChI=1S/C12H17NO3/c1-4-16-13-12(14)8-10-7-9(2)5-6-11(10)15-3/h5-7H,4,8H2,1-3H3,(H,13,14). The van der Waals surface area contributed by atoms with Crippen molar-refractivity contribution in [3.63, 3.8) is 0 Å². The summed E-state index contributed by atoms with van der Waals surface area (Å²) in [4.78, 5) is 16.3. The number of carbonyl (C=O) groups excluding carboxylic acids is 1. The molecule has 1 amide bonds. The zero-order valence-corrected chi connectivity index (χ0v) is 9.87. The highest BCUT2D eigenvalue weighted by Gasteiger charge is 2.08. The van der Waals surface area contributed by atoms with Crippen LogP contribution in [0.2, 0.25) is 0 Å². The van der Waals surface area contributed by atoms with Gasteiger partial charge in [-0.2, -0.15) is 0 Å². The molecule has 0 aromatic heterocycles. The molecule has 0 aliphatic carbocycles. The van der Waals surface area contributed by atoms with Gasteiger partial charge in [0.25, 0.3) is 0 Å². The highest BCUT2D eigenvalue weighted by atomic mass is 16.6. The highest BCUT2D eigenvalue weighted by Crippen LogP contribution is 2.19. The van der Waals surface area contributed by atoms with Crippen LogP contribution in [0.5, 0.6) is 5.75 Å². The van der Waals surface area contributed by atoms with Gasteiger partial charge in [0.15, 0.2) is 0 Å². The number of hydroxylamine groups is 1. The number of nitrogens with one attached hydrogen (secondary N) is 1. The minimum absolute atomic E-state index is 0.175. The van der Waals surface area contributed by atoms with Gasteiger partial charge in [-0.05, 0) is 19.9 Å². The highest BCUT2D eigenvalue weighted by molar-refractivity contribution is 5.78. The minimum atomic E-state index is -0.175. The molecule has 16 heavy (non-hydrogen) atoms. The molecule has 0 atom stereocenters. The number of hydrogen-bond donors (Lipinski definition) is 1. The van der Waals surface area contributed by atoms with E-state index < -0.39 is 0 Å². The lowest BCUT2D eigenvalue weighted by Crippen LogP contribution is -2.25. The first-order valence-electron chi connectivity index (χ1n) is 5.21. The second-order valence-electron chi connectivity index (χ2n) is 3.45. The van der Waals surface area contributed by atoms with Crippen LogP contribution in [0, 0.1) is 6.92 Å². The predicted molar refractivity (Wildman–Crippen MR) is 61.2 cm³/mol. The van der Waals surface area contributed by atoms with Crippen molar-refractivity contribution in [1.82, 2.24) is 5.48 Å². The van der Waals surface area contributed by atoms with E-state index in [0.717, 1.165) is 16.9 Å². The number of ether oxygens (including phenoxy) is 1. The van der Waals surface area contributed by atoms with Crippen LogP contribution in [0.3, 0.4) is 0 Å².